The van der Waals surface area contributed by atoms with Crippen molar-refractivity contribution in [3.8, 4) is 11.4 Å². The van der Waals surface area contributed by atoms with Crippen LogP contribution in [0.3, 0.4) is 0 Å². The molecule has 2 aromatic heterocycles. The number of carbonyl (C=O) groups excluding carboxylic acids is 3. The second-order valence-electron chi connectivity index (χ2n) is 8.43. The van der Waals surface area contributed by atoms with Crippen LogP contribution < -0.4 is 5.56 Å². The van der Waals surface area contributed by atoms with E-state index in [1.807, 2.05) is 30.3 Å². The normalized spacial score (nSPS) is 18.3. The number of carbonyl (C=O) groups is 3. The molecule has 33 heavy (non-hydrogen) atoms. The maximum Gasteiger partial charge on any atom is 0.355 e. The fraction of sp³-hybridized carbons (Fsp3) is 0.320. The van der Waals surface area contributed by atoms with E-state index in [0.29, 0.717) is 23.5 Å². The molecule has 2 aliphatic heterocycles. The third kappa shape index (κ3) is 3.25. The molecule has 2 aliphatic rings. The number of ketones is 1. The second-order valence-corrected chi connectivity index (χ2v) is 8.43. The summed E-state index contributed by atoms with van der Waals surface area (Å²) in [6.45, 7) is 3.25. The lowest BCUT2D eigenvalue weighted by molar-refractivity contribution is -0.189. The number of rotatable bonds is 5. The first-order valence-electron chi connectivity index (χ1n) is 10.9. The number of cyclic esters (lactones) is 1. The first kappa shape index (κ1) is 21.1. The molecular formula is C25H22N2O6. The molecule has 0 unspecified atom stereocenters. The van der Waals surface area contributed by atoms with E-state index in [1.54, 1.807) is 17.6 Å². The second kappa shape index (κ2) is 7.65. The van der Waals surface area contributed by atoms with E-state index in [1.165, 1.54) is 6.92 Å². The fourth-order valence-corrected chi connectivity index (χ4v) is 4.61. The molecule has 8 heteroatoms. The van der Waals surface area contributed by atoms with Gasteiger partial charge in [-0.3, -0.25) is 9.59 Å². The molecule has 0 amide bonds. The number of fused-ring (bicyclic) bond motifs is 5. The van der Waals surface area contributed by atoms with Crippen molar-refractivity contribution in [2.24, 2.45) is 0 Å². The van der Waals surface area contributed by atoms with Crippen molar-refractivity contribution in [1.29, 1.82) is 0 Å². The Kier molecular flexibility index (Phi) is 4.88. The number of nitrogens with zero attached hydrogens (tertiary/aromatic N) is 2. The summed E-state index contributed by atoms with van der Waals surface area (Å²) < 4.78 is 12.6. The van der Waals surface area contributed by atoms with Crippen LogP contribution >= 0.6 is 0 Å². The van der Waals surface area contributed by atoms with Crippen LogP contribution in [0.4, 0.5) is 0 Å². The Morgan fingerprint density at radius 3 is 2.73 bits per heavy atom. The minimum absolute atomic E-state index is 0.0117. The van der Waals surface area contributed by atoms with Gasteiger partial charge in [0.15, 0.2) is 0 Å². The zero-order chi connectivity index (χ0) is 23.3. The number of ether oxygens (including phenoxy) is 2. The van der Waals surface area contributed by atoms with Crippen molar-refractivity contribution in [2.45, 2.75) is 51.9 Å². The maximum atomic E-state index is 13.4. The predicted octanol–water partition coefficient (Wildman–Crippen LogP) is 3.00. The van der Waals surface area contributed by atoms with Gasteiger partial charge >= 0.3 is 11.9 Å². The summed E-state index contributed by atoms with van der Waals surface area (Å²) in [5.74, 6) is -1.57. The third-order valence-electron chi connectivity index (χ3n) is 6.35. The molecule has 1 atom stereocenters. The number of hydrogen-bond acceptors (Lipinski definition) is 7. The van der Waals surface area contributed by atoms with Crippen LogP contribution in [0.25, 0.3) is 22.3 Å². The zero-order valence-electron chi connectivity index (χ0n) is 18.3. The minimum atomic E-state index is -1.74. The van der Waals surface area contributed by atoms with Gasteiger partial charge < -0.3 is 18.8 Å². The van der Waals surface area contributed by atoms with E-state index in [9.17, 15) is 19.2 Å². The predicted molar refractivity (Wildman–Crippen MR) is 118 cm³/mol. The Bertz CT molecular complexity index is 1410. The summed E-state index contributed by atoms with van der Waals surface area (Å²) in [5, 5.41) is 0.975. The number of hydrogen-bond donors (Lipinski definition) is 0. The third-order valence-corrected chi connectivity index (χ3v) is 6.35. The SMILES string of the molecule is CC[C@]1(OC(=O)CCC(C)=O)C(=O)OCc2c1cc1n(c2=O)Cc2cc3ccccc3nc2-1. The molecule has 0 fully saturated rings. The standard InChI is InChI=1S/C25H22N2O6/c1-3-25(33-21(29)9-8-14(2)28)18-11-20-22-16(10-15-6-4-5-7-19(15)26-22)12-27(20)23(30)17(18)13-32-24(25)31/h4-7,10-11H,3,8-9,12-13H2,1-2H3/t25-/m1/s1. The molecule has 5 rings (SSSR count). The highest BCUT2D eigenvalue weighted by Gasteiger charge is 2.50. The number of Topliss-reactive ketones (excluding diaryl/α,β-unsaturated/α-hetero) is 1. The van der Waals surface area contributed by atoms with Crippen LogP contribution in [0.2, 0.25) is 0 Å². The molecule has 0 saturated heterocycles. The summed E-state index contributed by atoms with van der Waals surface area (Å²) >= 11 is 0. The highest BCUT2D eigenvalue weighted by Crippen LogP contribution is 2.41. The van der Waals surface area contributed by atoms with Gasteiger partial charge in [-0.2, -0.15) is 0 Å². The molecule has 0 bridgehead atoms. The summed E-state index contributed by atoms with van der Waals surface area (Å²) in [4.78, 5) is 54.9. The number of esters is 2. The van der Waals surface area contributed by atoms with E-state index in [0.717, 1.165) is 16.5 Å². The first-order chi connectivity index (χ1) is 15.8. The zero-order valence-corrected chi connectivity index (χ0v) is 18.3. The lowest BCUT2D eigenvalue weighted by Crippen LogP contribution is -2.47. The van der Waals surface area contributed by atoms with Crippen molar-refractivity contribution < 1.29 is 23.9 Å². The molecular weight excluding hydrogens is 424 g/mol. The molecule has 0 N–H and O–H groups in total. The Morgan fingerprint density at radius 2 is 1.97 bits per heavy atom. The Morgan fingerprint density at radius 1 is 1.18 bits per heavy atom. The van der Waals surface area contributed by atoms with Crippen molar-refractivity contribution in [3.63, 3.8) is 0 Å². The van der Waals surface area contributed by atoms with Gasteiger partial charge in [-0.15, -0.1) is 0 Å². The van der Waals surface area contributed by atoms with Gasteiger partial charge in [-0.25, -0.2) is 9.78 Å². The van der Waals surface area contributed by atoms with Gasteiger partial charge in [0.05, 0.1) is 35.4 Å². The molecule has 8 nitrogen and oxygen atoms in total. The molecule has 0 radical (unpaired) electrons. The Labute approximate surface area is 189 Å². The van der Waals surface area contributed by atoms with E-state index in [2.05, 4.69) is 0 Å². The summed E-state index contributed by atoms with van der Waals surface area (Å²) in [6, 6.07) is 11.4. The first-order valence-corrected chi connectivity index (χ1v) is 10.9. The van der Waals surface area contributed by atoms with Crippen molar-refractivity contribution in [3.05, 3.63) is 63.4 Å². The van der Waals surface area contributed by atoms with E-state index in [-0.39, 0.29) is 42.8 Å². The molecule has 3 aromatic rings. The number of benzene rings is 1. The Balaban J connectivity index is 1.66. The van der Waals surface area contributed by atoms with E-state index < -0.39 is 17.5 Å². The lowest BCUT2D eigenvalue weighted by atomic mass is 9.85. The maximum absolute atomic E-state index is 13.4. The van der Waals surface area contributed by atoms with E-state index in [4.69, 9.17) is 14.5 Å². The number of aromatic nitrogens is 2. The van der Waals surface area contributed by atoms with Crippen molar-refractivity contribution in [1.82, 2.24) is 9.55 Å². The fourth-order valence-electron chi connectivity index (χ4n) is 4.61. The van der Waals surface area contributed by atoms with E-state index >= 15 is 0 Å². The highest BCUT2D eigenvalue weighted by molar-refractivity contribution is 5.89. The highest BCUT2D eigenvalue weighted by atomic mass is 16.6. The van der Waals surface area contributed by atoms with Crippen LogP contribution in [-0.4, -0.2) is 27.3 Å². The van der Waals surface area contributed by atoms with Crippen molar-refractivity contribution >= 4 is 28.6 Å². The largest absolute Gasteiger partial charge is 0.457 e. The summed E-state index contributed by atoms with van der Waals surface area (Å²) in [7, 11) is 0. The summed E-state index contributed by atoms with van der Waals surface area (Å²) in [6.07, 6.45) is -0.0523. The molecule has 168 valence electrons. The van der Waals surface area contributed by atoms with Gasteiger partial charge in [-0.1, -0.05) is 25.1 Å². The molecule has 0 spiro atoms. The minimum Gasteiger partial charge on any atom is -0.457 e. The Hall–Kier alpha value is -3.81. The van der Waals surface area contributed by atoms with Crippen molar-refractivity contribution in [2.75, 3.05) is 0 Å². The quantitative estimate of drug-likeness (QED) is 0.434. The van der Waals surface area contributed by atoms with Crippen LogP contribution in [0.1, 0.15) is 49.8 Å². The molecule has 1 aromatic carbocycles. The van der Waals surface area contributed by atoms with Crippen LogP contribution in [-0.2, 0) is 42.6 Å². The monoisotopic (exact) mass is 446 g/mol. The molecule has 0 saturated carbocycles. The lowest BCUT2D eigenvalue weighted by Gasteiger charge is -2.35. The summed E-state index contributed by atoms with van der Waals surface area (Å²) in [5.41, 5.74) is 1.53. The van der Waals surface area contributed by atoms with Crippen LogP contribution in [0.15, 0.2) is 41.2 Å². The average Bonchev–Trinajstić information content (AvgIpc) is 3.16. The smallest absolute Gasteiger partial charge is 0.355 e. The van der Waals surface area contributed by atoms with Crippen LogP contribution in [0, 0.1) is 0 Å². The van der Waals surface area contributed by atoms with Gasteiger partial charge in [0.25, 0.3) is 5.56 Å². The van der Waals surface area contributed by atoms with Gasteiger partial charge in [0, 0.05) is 22.9 Å². The van der Waals surface area contributed by atoms with Crippen LogP contribution in [0.5, 0.6) is 0 Å². The number of pyridine rings is 2. The van der Waals surface area contributed by atoms with Gasteiger partial charge in [0.1, 0.15) is 12.4 Å². The topological polar surface area (TPSA) is 105 Å². The van der Waals surface area contributed by atoms with Gasteiger partial charge in [-0.05, 0) is 31.5 Å². The molecule has 0 aliphatic carbocycles. The molecule has 4 heterocycles. The number of para-hydroxylation sites is 1. The average molecular weight is 446 g/mol. The van der Waals surface area contributed by atoms with Gasteiger partial charge in [0.2, 0.25) is 5.60 Å².